The number of carbonyl (C=O) groups is 1. The van der Waals surface area contributed by atoms with E-state index in [1.807, 2.05) is 79.7 Å². The predicted molar refractivity (Wildman–Crippen MR) is 128 cm³/mol. The van der Waals surface area contributed by atoms with Crippen LogP contribution in [0, 0.1) is 18.3 Å². The summed E-state index contributed by atoms with van der Waals surface area (Å²) >= 11 is 1.13. The van der Waals surface area contributed by atoms with Gasteiger partial charge in [0.15, 0.2) is 5.57 Å². The first kappa shape index (κ1) is 21.0. The number of carbonyl (C=O) groups excluding carboxylic acids is 1. The number of aromatic nitrogens is 1. The van der Waals surface area contributed by atoms with Gasteiger partial charge in [-0.3, -0.25) is 14.2 Å². The summed E-state index contributed by atoms with van der Waals surface area (Å²) in [6.45, 7) is 1.92. The van der Waals surface area contributed by atoms with Crippen molar-refractivity contribution in [1.82, 2.24) is 4.57 Å². The number of thiazole rings is 1. The molecule has 0 atom stereocenters. The zero-order chi connectivity index (χ0) is 22.5. The number of amides is 1. The van der Waals surface area contributed by atoms with Gasteiger partial charge in [0.05, 0.1) is 10.2 Å². The van der Waals surface area contributed by atoms with Crippen molar-refractivity contribution in [3.63, 3.8) is 0 Å². The van der Waals surface area contributed by atoms with E-state index >= 15 is 0 Å². The molecule has 0 unspecified atom stereocenters. The van der Waals surface area contributed by atoms with Crippen LogP contribution in [0.2, 0.25) is 0 Å². The van der Waals surface area contributed by atoms with Gasteiger partial charge in [-0.2, -0.15) is 5.26 Å². The number of anilines is 1. The molecular weight excluding hydrogens is 418 g/mol. The molecule has 1 aromatic heterocycles. The van der Waals surface area contributed by atoms with Gasteiger partial charge in [-0.25, -0.2) is 0 Å². The Kier molecular flexibility index (Phi) is 6.11. The molecule has 3 aromatic carbocycles. The molecule has 0 fully saturated rings. The van der Waals surface area contributed by atoms with E-state index in [1.165, 1.54) is 4.57 Å². The monoisotopic (exact) mass is 437 g/mol. The molecule has 0 saturated heterocycles. The van der Waals surface area contributed by atoms with E-state index in [4.69, 9.17) is 0 Å². The second-order valence-corrected chi connectivity index (χ2v) is 8.14. The molecule has 0 radical (unpaired) electrons. The minimum atomic E-state index is -0.560. The third-order valence-corrected chi connectivity index (χ3v) is 5.86. The highest BCUT2D eigenvalue weighted by Crippen LogP contribution is 2.11. The number of aryl methyl sites for hydroxylation is 1. The number of nitrogens with one attached hydrogen (secondary N) is 1. The Morgan fingerprint density at radius 3 is 2.34 bits per heavy atom. The Morgan fingerprint density at radius 2 is 1.69 bits per heavy atom. The molecule has 4 aromatic rings. The van der Waals surface area contributed by atoms with Gasteiger partial charge in [-0.15, -0.1) is 11.3 Å². The fourth-order valence-corrected chi connectivity index (χ4v) is 4.38. The third-order valence-electron chi connectivity index (χ3n) is 4.76. The van der Waals surface area contributed by atoms with E-state index in [1.54, 1.807) is 24.3 Å². The Hall–Kier alpha value is -4.21. The maximum absolute atomic E-state index is 13.3. The van der Waals surface area contributed by atoms with Gasteiger partial charge >= 0.3 is 0 Å². The van der Waals surface area contributed by atoms with Gasteiger partial charge in [-0.05, 0) is 48.4 Å². The minimum Gasteiger partial charge on any atom is -0.321 e. The van der Waals surface area contributed by atoms with Crippen molar-refractivity contribution in [3.8, 4) is 11.8 Å². The first-order chi connectivity index (χ1) is 15.6. The van der Waals surface area contributed by atoms with Crippen molar-refractivity contribution < 1.29 is 4.79 Å². The molecule has 0 aliphatic rings. The first-order valence-electron chi connectivity index (χ1n) is 9.93. The summed E-state index contributed by atoms with van der Waals surface area (Å²) in [5.41, 5.74) is 2.62. The van der Waals surface area contributed by atoms with Gasteiger partial charge in [0.25, 0.3) is 11.5 Å². The lowest BCUT2D eigenvalue weighted by molar-refractivity contribution is -0.111. The standard InChI is InChI=1S/C26H19N3O2S/c1-18-9-8-12-20(15-18)28-24(30)22(17-27)26-29(21-13-6-3-7-14-21)25(31)23(32-26)16-19-10-4-2-5-11-19/h2-16H,1H3,(H,28,30). The van der Waals surface area contributed by atoms with E-state index in [-0.39, 0.29) is 15.8 Å². The summed E-state index contributed by atoms with van der Waals surface area (Å²) in [6, 6.07) is 27.8. The molecule has 0 aliphatic carbocycles. The minimum absolute atomic E-state index is 0.120. The normalized spacial score (nSPS) is 12.2. The van der Waals surface area contributed by atoms with E-state index in [9.17, 15) is 14.9 Å². The molecular formula is C26H19N3O2S. The van der Waals surface area contributed by atoms with Crippen LogP contribution in [0.3, 0.4) is 0 Å². The molecule has 0 aliphatic heterocycles. The highest BCUT2D eigenvalue weighted by atomic mass is 32.1. The van der Waals surface area contributed by atoms with Crippen molar-refractivity contribution in [3.05, 3.63) is 116 Å². The number of hydrogen-bond acceptors (Lipinski definition) is 4. The number of nitriles is 1. The molecule has 1 amide bonds. The van der Waals surface area contributed by atoms with Gasteiger partial charge in [0.2, 0.25) is 0 Å². The van der Waals surface area contributed by atoms with Crippen molar-refractivity contribution in [2.75, 3.05) is 5.32 Å². The Bertz CT molecular complexity index is 1490. The highest BCUT2D eigenvalue weighted by molar-refractivity contribution is 7.07. The molecule has 4 rings (SSSR count). The lowest BCUT2D eigenvalue weighted by Crippen LogP contribution is -2.32. The maximum Gasteiger partial charge on any atom is 0.273 e. The summed E-state index contributed by atoms with van der Waals surface area (Å²) in [4.78, 5) is 26.4. The molecule has 0 saturated carbocycles. The van der Waals surface area contributed by atoms with Crippen LogP contribution in [-0.2, 0) is 4.79 Å². The Labute approximate surface area is 188 Å². The van der Waals surface area contributed by atoms with Crippen LogP contribution in [0.25, 0.3) is 17.3 Å². The van der Waals surface area contributed by atoms with E-state index in [0.717, 1.165) is 22.5 Å². The fourth-order valence-electron chi connectivity index (χ4n) is 3.27. The maximum atomic E-state index is 13.3. The first-order valence-corrected chi connectivity index (χ1v) is 10.7. The number of benzene rings is 3. The van der Waals surface area contributed by atoms with Crippen LogP contribution >= 0.6 is 11.3 Å². The summed E-state index contributed by atoms with van der Waals surface area (Å²) in [5.74, 6) is -0.560. The molecule has 6 heteroatoms. The van der Waals surface area contributed by atoms with Crippen LogP contribution in [0.1, 0.15) is 11.1 Å². The zero-order valence-electron chi connectivity index (χ0n) is 17.3. The molecule has 5 nitrogen and oxygen atoms in total. The predicted octanol–water partition coefficient (Wildman–Crippen LogP) is 3.35. The van der Waals surface area contributed by atoms with Gasteiger partial charge in [0.1, 0.15) is 10.7 Å². The second kappa shape index (κ2) is 9.29. The molecule has 0 bridgehead atoms. The van der Waals surface area contributed by atoms with Crippen LogP contribution in [0.15, 0.2) is 89.7 Å². The van der Waals surface area contributed by atoms with Crippen LogP contribution in [0.5, 0.6) is 0 Å². The SMILES string of the molecule is Cc1cccc(NC(=O)C(C#N)=c2sc(=Cc3ccccc3)c(=O)n2-c2ccccc2)c1. The lowest BCUT2D eigenvalue weighted by Gasteiger charge is -2.06. The lowest BCUT2D eigenvalue weighted by atomic mass is 10.2. The van der Waals surface area contributed by atoms with Crippen LogP contribution in [-0.4, -0.2) is 10.5 Å². The summed E-state index contributed by atoms with van der Waals surface area (Å²) in [7, 11) is 0. The zero-order valence-corrected chi connectivity index (χ0v) is 18.1. The van der Waals surface area contributed by atoms with Crippen LogP contribution < -0.4 is 20.1 Å². The van der Waals surface area contributed by atoms with Crippen molar-refractivity contribution in [2.45, 2.75) is 6.92 Å². The fraction of sp³-hybridized carbons (Fsp3) is 0.0385. The van der Waals surface area contributed by atoms with Crippen molar-refractivity contribution in [1.29, 1.82) is 5.26 Å². The largest absolute Gasteiger partial charge is 0.321 e. The number of para-hydroxylation sites is 1. The van der Waals surface area contributed by atoms with E-state index < -0.39 is 5.91 Å². The third kappa shape index (κ3) is 4.43. The Morgan fingerprint density at radius 1 is 1.00 bits per heavy atom. The average Bonchev–Trinajstić information content (AvgIpc) is 3.11. The van der Waals surface area contributed by atoms with Gasteiger partial charge in [-0.1, -0.05) is 60.7 Å². The molecule has 1 N–H and O–H groups in total. The second-order valence-electron chi connectivity index (χ2n) is 7.11. The van der Waals surface area contributed by atoms with Gasteiger partial charge in [0, 0.05) is 5.69 Å². The average molecular weight is 438 g/mol. The van der Waals surface area contributed by atoms with E-state index in [2.05, 4.69) is 5.32 Å². The molecule has 32 heavy (non-hydrogen) atoms. The number of nitrogens with zero attached hydrogens (tertiary/aromatic N) is 2. The summed E-state index contributed by atoms with van der Waals surface area (Å²) < 4.78 is 2.15. The van der Waals surface area contributed by atoms with E-state index in [0.29, 0.717) is 15.9 Å². The Balaban J connectivity index is 1.95. The number of hydrogen-bond donors (Lipinski definition) is 1. The summed E-state index contributed by atoms with van der Waals surface area (Å²) in [5, 5.41) is 12.6. The molecule has 0 spiro atoms. The topological polar surface area (TPSA) is 74.9 Å². The van der Waals surface area contributed by atoms with Gasteiger partial charge < -0.3 is 5.32 Å². The summed E-state index contributed by atoms with van der Waals surface area (Å²) in [6.07, 6.45) is 1.77. The number of rotatable bonds is 4. The quantitative estimate of drug-likeness (QED) is 0.532. The van der Waals surface area contributed by atoms with Crippen molar-refractivity contribution in [2.24, 2.45) is 0 Å². The highest BCUT2D eigenvalue weighted by Gasteiger charge is 2.17. The van der Waals surface area contributed by atoms with Crippen LogP contribution in [0.4, 0.5) is 5.69 Å². The van der Waals surface area contributed by atoms with Crippen molar-refractivity contribution >= 4 is 34.6 Å². The molecule has 156 valence electrons. The smallest absolute Gasteiger partial charge is 0.273 e. The molecule has 1 heterocycles.